The molecule has 2 aliphatic carbocycles. The van der Waals surface area contributed by atoms with Gasteiger partial charge in [0.2, 0.25) is 0 Å². The molecule has 2 unspecified atom stereocenters. The summed E-state index contributed by atoms with van der Waals surface area (Å²) in [6.07, 6.45) is 14.3. The maximum Gasteiger partial charge on any atom is 0.0594 e. The van der Waals surface area contributed by atoms with Crippen LogP contribution in [0.5, 0.6) is 0 Å². The molecule has 2 nitrogen and oxygen atoms in total. The van der Waals surface area contributed by atoms with E-state index in [1.807, 2.05) is 0 Å². The molecule has 2 fully saturated rings. The Morgan fingerprint density at radius 2 is 1.70 bits per heavy atom. The molecule has 0 aromatic carbocycles. The molecule has 2 heteroatoms. The van der Waals surface area contributed by atoms with Crippen LogP contribution in [0, 0.1) is 11.8 Å². The number of rotatable bonds is 6. The summed E-state index contributed by atoms with van der Waals surface area (Å²) in [7, 11) is 0. The molecule has 0 amide bonds. The van der Waals surface area contributed by atoms with Crippen molar-refractivity contribution in [2.45, 2.75) is 90.2 Å². The quantitative estimate of drug-likeness (QED) is 0.570. The molecule has 0 saturated heterocycles. The Morgan fingerprint density at radius 1 is 0.900 bits per heavy atom. The van der Waals surface area contributed by atoms with Gasteiger partial charge in [-0.25, -0.2) is 0 Å². The average molecular weight is 281 g/mol. The van der Waals surface area contributed by atoms with E-state index < -0.39 is 0 Å². The van der Waals surface area contributed by atoms with Gasteiger partial charge in [0.05, 0.1) is 12.7 Å². The van der Waals surface area contributed by atoms with Gasteiger partial charge in [0.25, 0.3) is 0 Å². The summed E-state index contributed by atoms with van der Waals surface area (Å²) in [5.74, 6) is 1.82. The SMILES string of the molecule is CC(C)C1CCCC(NCCOC2CCCCC2)CC1. The molecule has 118 valence electrons. The highest BCUT2D eigenvalue weighted by molar-refractivity contribution is 4.76. The second-order valence-corrected chi connectivity index (χ2v) is 7.29. The summed E-state index contributed by atoms with van der Waals surface area (Å²) < 4.78 is 6.00. The number of nitrogens with one attached hydrogen (secondary N) is 1. The van der Waals surface area contributed by atoms with Gasteiger partial charge in [0.15, 0.2) is 0 Å². The lowest BCUT2D eigenvalue weighted by molar-refractivity contribution is 0.0292. The predicted molar refractivity (Wildman–Crippen MR) is 86.0 cm³/mol. The summed E-state index contributed by atoms with van der Waals surface area (Å²) in [6, 6.07) is 0.744. The van der Waals surface area contributed by atoms with Gasteiger partial charge in [-0.2, -0.15) is 0 Å². The van der Waals surface area contributed by atoms with Crippen LogP contribution in [0.2, 0.25) is 0 Å². The topological polar surface area (TPSA) is 21.3 Å². The van der Waals surface area contributed by atoms with E-state index in [9.17, 15) is 0 Å². The first kappa shape index (κ1) is 16.3. The van der Waals surface area contributed by atoms with Gasteiger partial charge in [-0.15, -0.1) is 0 Å². The van der Waals surface area contributed by atoms with Crippen LogP contribution in [0.4, 0.5) is 0 Å². The molecule has 0 spiro atoms. The molecule has 0 aliphatic heterocycles. The zero-order chi connectivity index (χ0) is 14.2. The van der Waals surface area contributed by atoms with Crippen LogP contribution in [0.15, 0.2) is 0 Å². The molecule has 2 aliphatic rings. The van der Waals surface area contributed by atoms with Crippen molar-refractivity contribution in [2.24, 2.45) is 11.8 Å². The molecule has 2 atom stereocenters. The van der Waals surface area contributed by atoms with Crippen molar-refractivity contribution in [3.63, 3.8) is 0 Å². The van der Waals surface area contributed by atoms with Gasteiger partial charge < -0.3 is 10.1 Å². The molecule has 0 bridgehead atoms. The molecule has 0 radical (unpaired) electrons. The van der Waals surface area contributed by atoms with Gasteiger partial charge >= 0.3 is 0 Å². The summed E-state index contributed by atoms with van der Waals surface area (Å²) in [6.45, 7) is 6.73. The second-order valence-electron chi connectivity index (χ2n) is 7.29. The zero-order valence-corrected chi connectivity index (χ0v) is 13.7. The lowest BCUT2D eigenvalue weighted by atomic mass is 9.89. The molecule has 20 heavy (non-hydrogen) atoms. The van der Waals surface area contributed by atoms with Crippen molar-refractivity contribution < 1.29 is 4.74 Å². The lowest BCUT2D eigenvalue weighted by Gasteiger charge is -2.23. The second kappa shape index (κ2) is 9.04. The highest BCUT2D eigenvalue weighted by atomic mass is 16.5. The summed E-state index contributed by atoms with van der Waals surface area (Å²) in [5, 5.41) is 3.74. The van der Waals surface area contributed by atoms with E-state index in [0.29, 0.717) is 6.10 Å². The highest BCUT2D eigenvalue weighted by Gasteiger charge is 2.20. The normalized spacial score (nSPS) is 29.6. The smallest absolute Gasteiger partial charge is 0.0594 e. The highest BCUT2D eigenvalue weighted by Crippen LogP contribution is 2.28. The van der Waals surface area contributed by atoms with Gasteiger partial charge in [-0.1, -0.05) is 46.0 Å². The molecule has 0 heterocycles. The van der Waals surface area contributed by atoms with Crippen molar-refractivity contribution in [2.75, 3.05) is 13.2 Å². The Labute approximate surface area is 126 Å². The monoisotopic (exact) mass is 281 g/mol. The van der Waals surface area contributed by atoms with Crippen molar-refractivity contribution in [3.05, 3.63) is 0 Å². The average Bonchev–Trinajstić information content (AvgIpc) is 2.70. The summed E-state index contributed by atoms with van der Waals surface area (Å²) >= 11 is 0. The minimum atomic E-state index is 0.560. The van der Waals surface area contributed by atoms with E-state index in [1.165, 1.54) is 64.2 Å². The van der Waals surface area contributed by atoms with Crippen molar-refractivity contribution in [3.8, 4) is 0 Å². The first-order valence-electron chi connectivity index (χ1n) is 9.10. The summed E-state index contributed by atoms with van der Waals surface area (Å²) in [4.78, 5) is 0. The molecular weight excluding hydrogens is 246 g/mol. The lowest BCUT2D eigenvalue weighted by Crippen LogP contribution is -2.32. The summed E-state index contributed by atoms with van der Waals surface area (Å²) in [5.41, 5.74) is 0. The minimum Gasteiger partial charge on any atom is -0.377 e. The molecule has 2 saturated carbocycles. The fourth-order valence-electron chi connectivity index (χ4n) is 3.92. The molecule has 2 rings (SSSR count). The van der Waals surface area contributed by atoms with E-state index in [0.717, 1.165) is 31.0 Å². The number of hydrogen-bond acceptors (Lipinski definition) is 2. The Hall–Kier alpha value is -0.0800. The van der Waals surface area contributed by atoms with Crippen molar-refractivity contribution >= 4 is 0 Å². The molecule has 0 aromatic heterocycles. The predicted octanol–water partition coefficient (Wildman–Crippen LogP) is 4.53. The third kappa shape index (κ3) is 5.73. The van der Waals surface area contributed by atoms with E-state index in [-0.39, 0.29) is 0 Å². The first-order valence-corrected chi connectivity index (χ1v) is 9.10. The Morgan fingerprint density at radius 3 is 2.45 bits per heavy atom. The van der Waals surface area contributed by atoms with Crippen LogP contribution >= 0.6 is 0 Å². The number of ether oxygens (including phenoxy) is 1. The standard InChI is InChI=1S/C18H35NO/c1-15(2)16-7-6-8-17(12-11-16)19-13-14-20-18-9-4-3-5-10-18/h15-19H,3-14H2,1-2H3. The molecular formula is C18H35NO. The van der Waals surface area contributed by atoms with Gasteiger partial charge in [0.1, 0.15) is 0 Å². The van der Waals surface area contributed by atoms with Crippen LogP contribution in [0.1, 0.15) is 78.1 Å². The van der Waals surface area contributed by atoms with Crippen LogP contribution in [0.25, 0.3) is 0 Å². The largest absolute Gasteiger partial charge is 0.377 e. The van der Waals surface area contributed by atoms with Gasteiger partial charge in [-0.05, 0) is 43.9 Å². The van der Waals surface area contributed by atoms with Gasteiger partial charge in [0, 0.05) is 12.6 Å². The van der Waals surface area contributed by atoms with Crippen LogP contribution < -0.4 is 5.32 Å². The van der Waals surface area contributed by atoms with Gasteiger partial charge in [-0.3, -0.25) is 0 Å². The fraction of sp³-hybridized carbons (Fsp3) is 1.00. The van der Waals surface area contributed by atoms with Crippen molar-refractivity contribution in [1.29, 1.82) is 0 Å². The van der Waals surface area contributed by atoms with Crippen molar-refractivity contribution in [1.82, 2.24) is 5.32 Å². The van der Waals surface area contributed by atoms with Crippen LogP contribution in [-0.4, -0.2) is 25.3 Å². The van der Waals surface area contributed by atoms with E-state index in [1.54, 1.807) is 0 Å². The zero-order valence-electron chi connectivity index (χ0n) is 13.7. The first-order chi connectivity index (χ1) is 9.75. The Balaban J connectivity index is 1.55. The maximum atomic E-state index is 6.00. The number of hydrogen-bond donors (Lipinski definition) is 1. The third-order valence-corrected chi connectivity index (χ3v) is 5.40. The maximum absolute atomic E-state index is 6.00. The third-order valence-electron chi connectivity index (χ3n) is 5.40. The van der Waals surface area contributed by atoms with E-state index in [4.69, 9.17) is 4.74 Å². The van der Waals surface area contributed by atoms with E-state index in [2.05, 4.69) is 19.2 Å². The fourth-order valence-corrected chi connectivity index (χ4v) is 3.92. The Kier molecular flexibility index (Phi) is 7.37. The van der Waals surface area contributed by atoms with E-state index >= 15 is 0 Å². The minimum absolute atomic E-state index is 0.560. The molecule has 1 N–H and O–H groups in total. The van der Waals surface area contributed by atoms with Crippen LogP contribution in [0.3, 0.4) is 0 Å². The Bertz CT molecular complexity index is 248. The van der Waals surface area contributed by atoms with Crippen LogP contribution in [-0.2, 0) is 4.74 Å². The molecule has 0 aromatic rings.